The van der Waals surface area contributed by atoms with Crippen LogP contribution in [0.5, 0.6) is 0 Å². The molecule has 0 spiro atoms. The highest BCUT2D eigenvalue weighted by Gasteiger charge is 2.20. The first-order valence-electron chi connectivity index (χ1n) is 6.51. The molecule has 3 rings (SSSR count). The second-order valence-corrected chi connectivity index (χ2v) is 5.12. The van der Waals surface area contributed by atoms with Crippen molar-refractivity contribution < 1.29 is 0 Å². The molecule has 4 heteroatoms. The quantitative estimate of drug-likeness (QED) is 0.834. The van der Waals surface area contributed by atoms with Crippen LogP contribution in [0.4, 0.5) is 11.8 Å². The van der Waals surface area contributed by atoms with E-state index in [2.05, 4.69) is 27.9 Å². The average molecular weight is 242 g/mol. The number of nitrogens with zero attached hydrogens (tertiary/aromatic N) is 3. The van der Waals surface area contributed by atoms with Crippen molar-refractivity contribution >= 4 is 22.7 Å². The van der Waals surface area contributed by atoms with Gasteiger partial charge >= 0.3 is 0 Å². The number of para-hydroxylation sites is 1. The maximum Gasteiger partial charge on any atom is 0.222 e. The first kappa shape index (κ1) is 11.3. The molecule has 0 radical (unpaired) electrons. The maximum atomic E-state index is 5.82. The van der Waals surface area contributed by atoms with Crippen molar-refractivity contribution in [2.24, 2.45) is 5.92 Å². The summed E-state index contributed by atoms with van der Waals surface area (Å²) in [5.74, 6) is 2.07. The molecule has 94 valence electrons. The van der Waals surface area contributed by atoms with Gasteiger partial charge in [-0.25, -0.2) is 4.98 Å². The van der Waals surface area contributed by atoms with E-state index in [1.54, 1.807) is 0 Å². The Morgan fingerprint density at radius 1 is 1.28 bits per heavy atom. The van der Waals surface area contributed by atoms with Gasteiger partial charge in [0.25, 0.3) is 0 Å². The van der Waals surface area contributed by atoms with E-state index >= 15 is 0 Å². The number of aromatic nitrogens is 2. The number of nitrogens with two attached hydrogens (primary N) is 1. The Kier molecular flexibility index (Phi) is 2.78. The number of benzene rings is 1. The fourth-order valence-electron chi connectivity index (χ4n) is 2.70. The number of hydrogen-bond donors (Lipinski definition) is 1. The van der Waals surface area contributed by atoms with Crippen LogP contribution in [0.3, 0.4) is 0 Å². The Morgan fingerprint density at radius 3 is 2.94 bits per heavy atom. The van der Waals surface area contributed by atoms with Gasteiger partial charge in [-0.05, 0) is 30.9 Å². The zero-order valence-corrected chi connectivity index (χ0v) is 10.6. The van der Waals surface area contributed by atoms with Gasteiger partial charge in [0.15, 0.2) is 0 Å². The highest BCUT2D eigenvalue weighted by Crippen LogP contribution is 2.28. The third-order valence-electron chi connectivity index (χ3n) is 3.56. The van der Waals surface area contributed by atoms with Crippen LogP contribution in [-0.2, 0) is 0 Å². The van der Waals surface area contributed by atoms with E-state index in [1.807, 2.05) is 18.2 Å². The molecule has 4 nitrogen and oxygen atoms in total. The molecule has 0 bridgehead atoms. The van der Waals surface area contributed by atoms with Crippen LogP contribution in [0.1, 0.15) is 19.8 Å². The highest BCUT2D eigenvalue weighted by molar-refractivity contribution is 5.90. The van der Waals surface area contributed by atoms with Crippen LogP contribution < -0.4 is 10.6 Å². The number of hydrogen-bond acceptors (Lipinski definition) is 4. The highest BCUT2D eigenvalue weighted by atomic mass is 15.2. The molecule has 0 amide bonds. The van der Waals surface area contributed by atoms with Gasteiger partial charge < -0.3 is 10.6 Å². The molecule has 1 aromatic carbocycles. The molecule has 1 unspecified atom stereocenters. The van der Waals surface area contributed by atoms with Gasteiger partial charge in [0, 0.05) is 18.5 Å². The third-order valence-corrected chi connectivity index (χ3v) is 3.56. The molecular weight excluding hydrogens is 224 g/mol. The minimum absolute atomic E-state index is 0.363. The third kappa shape index (κ3) is 1.98. The minimum Gasteiger partial charge on any atom is -0.368 e. The summed E-state index contributed by atoms with van der Waals surface area (Å²) >= 11 is 0. The molecule has 1 aromatic heterocycles. The van der Waals surface area contributed by atoms with Gasteiger partial charge in [0.1, 0.15) is 5.82 Å². The molecule has 0 aliphatic carbocycles. The summed E-state index contributed by atoms with van der Waals surface area (Å²) < 4.78 is 0. The number of rotatable bonds is 1. The molecule has 2 N–H and O–H groups in total. The summed E-state index contributed by atoms with van der Waals surface area (Å²) in [6.07, 6.45) is 2.52. The predicted molar refractivity (Wildman–Crippen MR) is 74.6 cm³/mol. The van der Waals surface area contributed by atoms with Gasteiger partial charge in [0.2, 0.25) is 5.95 Å². The zero-order valence-electron chi connectivity index (χ0n) is 10.6. The molecule has 18 heavy (non-hydrogen) atoms. The minimum atomic E-state index is 0.363. The SMILES string of the molecule is CC1CCCN(c2nc(N)nc3ccccc23)C1. The predicted octanol–water partition coefficient (Wildman–Crippen LogP) is 2.45. The fraction of sp³-hybridized carbons (Fsp3) is 0.429. The lowest BCUT2D eigenvalue weighted by Crippen LogP contribution is -2.35. The van der Waals surface area contributed by atoms with Crippen molar-refractivity contribution in [2.75, 3.05) is 23.7 Å². The van der Waals surface area contributed by atoms with E-state index in [0.29, 0.717) is 11.9 Å². The van der Waals surface area contributed by atoms with E-state index in [1.165, 1.54) is 12.8 Å². The lowest BCUT2D eigenvalue weighted by atomic mass is 10.00. The van der Waals surface area contributed by atoms with Crippen LogP contribution in [0.25, 0.3) is 10.9 Å². The number of anilines is 2. The van der Waals surface area contributed by atoms with Crippen LogP contribution in [0, 0.1) is 5.92 Å². The lowest BCUT2D eigenvalue weighted by Gasteiger charge is -2.32. The molecule has 0 saturated carbocycles. The number of fused-ring (bicyclic) bond motifs is 1. The molecule has 1 aliphatic rings. The van der Waals surface area contributed by atoms with Gasteiger partial charge in [-0.3, -0.25) is 0 Å². The first-order valence-corrected chi connectivity index (χ1v) is 6.51. The fourth-order valence-corrected chi connectivity index (χ4v) is 2.70. The van der Waals surface area contributed by atoms with Crippen molar-refractivity contribution in [1.82, 2.24) is 9.97 Å². The second-order valence-electron chi connectivity index (χ2n) is 5.12. The molecule has 1 aliphatic heterocycles. The van der Waals surface area contributed by atoms with Crippen LogP contribution in [0.2, 0.25) is 0 Å². The van der Waals surface area contributed by atoms with Gasteiger partial charge in [-0.1, -0.05) is 19.1 Å². The van der Waals surface area contributed by atoms with Crippen LogP contribution in [0.15, 0.2) is 24.3 Å². The second kappa shape index (κ2) is 4.44. The van der Waals surface area contributed by atoms with E-state index in [9.17, 15) is 0 Å². The van der Waals surface area contributed by atoms with E-state index < -0.39 is 0 Å². The summed E-state index contributed by atoms with van der Waals surface area (Å²) in [6, 6.07) is 8.07. The van der Waals surface area contributed by atoms with E-state index in [-0.39, 0.29) is 0 Å². The van der Waals surface area contributed by atoms with Crippen LogP contribution in [-0.4, -0.2) is 23.1 Å². The van der Waals surface area contributed by atoms with Crippen molar-refractivity contribution in [2.45, 2.75) is 19.8 Å². The zero-order chi connectivity index (χ0) is 12.5. The Bertz CT molecular complexity index is 567. The van der Waals surface area contributed by atoms with Crippen molar-refractivity contribution in [3.05, 3.63) is 24.3 Å². The smallest absolute Gasteiger partial charge is 0.222 e. The largest absolute Gasteiger partial charge is 0.368 e. The van der Waals surface area contributed by atoms with Gasteiger partial charge in [0.05, 0.1) is 5.52 Å². The number of piperidine rings is 1. The van der Waals surface area contributed by atoms with E-state index in [0.717, 1.165) is 29.8 Å². The monoisotopic (exact) mass is 242 g/mol. The summed E-state index contributed by atoms with van der Waals surface area (Å²) in [5, 5.41) is 1.10. The average Bonchev–Trinajstić information content (AvgIpc) is 2.37. The molecule has 1 fully saturated rings. The molecule has 1 saturated heterocycles. The number of nitrogen functional groups attached to an aromatic ring is 1. The molecule has 2 aromatic rings. The summed E-state index contributed by atoms with van der Waals surface area (Å²) in [5.41, 5.74) is 6.75. The topological polar surface area (TPSA) is 55.0 Å². The molecule has 2 heterocycles. The normalized spacial score (nSPS) is 20.3. The summed E-state index contributed by atoms with van der Waals surface area (Å²) in [6.45, 7) is 4.41. The van der Waals surface area contributed by atoms with Gasteiger partial charge in [-0.15, -0.1) is 0 Å². The Hall–Kier alpha value is -1.84. The van der Waals surface area contributed by atoms with Gasteiger partial charge in [-0.2, -0.15) is 4.98 Å². The molecular formula is C14H18N4. The maximum absolute atomic E-state index is 5.82. The Balaban J connectivity index is 2.09. The van der Waals surface area contributed by atoms with Crippen molar-refractivity contribution in [1.29, 1.82) is 0 Å². The molecule has 1 atom stereocenters. The van der Waals surface area contributed by atoms with Crippen molar-refractivity contribution in [3.63, 3.8) is 0 Å². The first-order chi connectivity index (χ1) is 8.74. The van der Waals surface area contributed by atoms with E-state index in [4.69, 9.17) is 5.73 Å². The van der Waals surface area contributed by atoms with Crippen molar-refractivity contribution in [3.8, 4) is 0 Å². The lowest BCUT2D eigenvalue weighted by molar-refractivity contribution is 0.445. The summed E-state index contributed by atoms with van der Waals surface area (Å²) in [4.78, 5) is 11.1. The Morgan fingerprint density at radius 2 is 2.11 bits per heavy atom. The standard InChI is InChI=1S/C14H18N4/c1-10-5-4-8-18(9-10)13-11-6-2-3-7-12(11)16-14(15)17-13/h2-3,6-7,10H,4-5,8-9H2,1H3,(H2,15,16,17). The summed E-state index contributed by atoms with van der Waals surface area (Å²) in [7, 11) is 0. The Labute approximate surface area is 107 Å². The van der Waals surface area contributed by atoms with Crippen LogP contribution >= 0.6 is 0 Å².